The molecule has 1 aliphatic heterocycles. The molecule has 0 bridgehead atoms. The lowest BCUT2D eigenvalue weighted by Gasteiger charge is -2.26. The van der Waals surface area contributed by atoms with Gasteiger partial charge in [0.2, 0.25) is 16.4 Å². The quantitative estimate of drug-likeness (QED) is 0.242. The van der Waals surface area contributed by atoms with Crippen molar-refractivity contribution in [1.29, 1.82) is 0 Å². The topological polar surface area (TPSA) is 111 Å². The Bertz CT molecular complexity index is 2010. The molecular formula is C33H28F2N4O5S. The number of ether oxygens (including phenoxy) is 1. The number of halogens is 2. The number of hydrogen-bond acceptors (Lipinski definition) is 6. The lowest BCUT2D eigenvalue weighted by molar-refractivity contribution is -0.110. The Morgan fingerprint density at radius 3 is 2.24 bits per heavy atom. The maximum absolute atomic E-state index is 14.1. The summed E-state index contributed by atoms with van der Waals surface area (Å²) in [6.07, 6.45) is 0.340. The highest BCUT2D eigenvalue weighted by Gasteiger charge is 2.27. The summed E-state index contributed by atoms with van der Waals surface area (Å²) in [6, 6.07) is 22.6. The third-order valence-electron chi connectivity index (χ3n) is 7.65. The van der Waals surface area contributed by atoms with E-state index in [1.54, 1.807) is 18.2 Å². The average molecular weight is 631 g/mol. The molecule has 1 aromatic heterocycles. The van der Waals surface area contributed by atoms with E-state index >= 15 is 0 Å². The smallest absolute Gasteiger partial charge is 0.266 e. The van der Waals surface area contributed by atoms with E-state index in [2.05, 4.69) is 5.32 Å². The third-order valence-corrected chi connectivity index (χ3v) is 9.56. The molecule has 12 heteroatoms. The van der Waals surface area contributed by atoms with E-state index in [4.69, 9.17) is 9.72 Å². The Kier molecular flexibility index (Phi) is 8.52. The highest BCUT2D eigenvalue weighted by atomic mass is 32.2. The molecule has 2 heterocycles. The number of benzene rings is 4. The number of sulfonamides is 1. The number of fused-ring (bicyclic) bond motifs is 1. The summed E-state index contributed by atoms with van der Waals surface area (Å²) in [5.74, 6) is -1.48. The third kappa shape index (κ3) is 6.25. The van der Waals surface area contributed by atoms with Crippen LogP contribution in [0.15, 0.2) is 101 Å². The predicted molar refractivity (Wildman–Crippen MR) is 164 cm³/mol. The molecule has 0 aliphatic carbocycles. The van der Waals surface area contributed by atoms with E-state index in [0.29, 0.717) is 30.8 Å². The van der Waals surface area contributed by atoms with Gasteiger partial charge in [0, 0.05) is 25.6 Å². The molecule has 9 nitrogen and oxygen atoms in total. The summed E-state index contributed by atoms with van der Waals surface area (Å²) < 4.78 is 62.5. The first-order valence-electron chi connectivity index (χ1n) is 14.2. The predicted octanol–water partition coefficient (Wildman–Crippen LogP) is 4.38. The summed E-state index contributed by atoms with van der Waals surface area (Å²) in [5, 5.41) is 2.93. The molecule has 45 heavy (non-hydrogen) atoms. The van der Waals surface area contributed by atoms with Gasteiger partial charge in [0.15, 0.2) is 0 Å². The molecular weight excluding hydrogens is 602 g/mol. The first-order valence-corrected chi connectivity index (χ1v) is 15.6. The van der Waals surface area contributed by atoms with E-state index in [1.807, 2.05) is 30.3 Å². The molecule has 0 spiro atoms. The van der Waals surface area contributed by atoms with Crippen LogP contribution < -0.4 is 10.9 Å². The van der Waals surface area contributed by atoms with Crippen molar-refractivity contribution < 1.29 is 26.7 Å². The highest BCUT2D eigenvalue weighted by molar-refractivity contribution is 7.89. The van der Waals surface area contributed by atoms with Crippen molar-refractivity contribution in [2.24, 2.45) is 0 Å². The normalized spacial score (nSPS) is 14.7. The highest BCUT2D eigenvalue weighted by Crippen LogP contribution is 2.27. The fourth-order valence-corrected chi connectivity index (χ4v) is 6.88. The first kappa shape index (κ1) is 30.3. The molecule has 230 valence electrons. The van der Waals surface area contributed by atoms with Crippen LogP contribution in [0.1, 0.15) is 17.4 Å². The van der Waals surface area contributed by atoms with Crippen LogP contribution in [0.3, 0.4) is 0 Å². The lowest BCUT2D eigenvalue weighted by Crippen LogP contribution is -2.40. The molecule has 1 amide bonds. The van der Waals surface area contributed by atoms with Gasteiger partial charge in [-0.2, -0.15) is 4.31 Å². The van der Waals surface area contributed by atoms with Crippen LogP contribution in [-0.2, 0) is 26.0 Å². The van der Waals surface area contributed by atoms with E-state index < -0.39 is 33.3 Å². The monoisotopic (exact) mass is 630 g/mol. The number of aromatic nitrogens is 2. The SMILES string of the molecule is O=CNC(Cc1cc(F)cc(F)c1)c1nc2cc(-c3ccccc3)ccc2c(=O)n1-c1ccc(S(=O)(=O)N2CCOCC2)cc1. The lowest BCUT2D eigenvalue weighted by atomic mass is 10.0. The van der Waals surface area contributed by atoms with Crippen LogP contribution in [0.4, 0.5) is 8.78 Å². The number of hydrogen-bond donors (Lipinski definition) is 1. The zero-order chi connectivity index (χ0) is 31.6. The van der Waals surface area contributed by atoms with Crippen LogP contribution in [0.5, 0.6) is 0 Å². The van der Waals surface area contributed by atoms with Crippen molar-refractivity contribution in [3.63, 3.8) is 0 Å². The molecule has 1 N–H and O–H groups in total. The van der Waals surface area contributed by atoms with Gasteiger partial charge in [-0.1, -0.05) is 36.4 Å². The van der Waals surface area contributed by atoms with E-state index in [-0.39, 0.29) is 41.2 Å². The first-order chi connectivity index (χ1) is 21.7. The van der Waals surface area contributed by atoms with Gasteiger partial charge in [-0.3, -0.25) is 14.2 Å². The van der Waals surface area contributed by atoms with Gasteiger partial charge in [-0.25, -0.2) is 22.2 Å². The van der Waals surface area contributed by atoms with E-state index in [1.165, 1.54) is 33.1 Å². The number of carbonyl (C=O) groups excluding carboxylic acids is 1. The van der Waals surface area contributed by atoms with Crippen molar-refractivity contribution in [2.45, 2.75) is 17.4 Å². The molecule has 4 aromatic carbocycles. The van der Waals surface area contributed by atoms with Crippen LogP contribution in [-0.4, -0.2) is 55.0 Å². The maximum Gasteiger partial charge on any atom is 0.266 e. The molecule has 1 atom stereocenters. The molecule has 0 saturated carbocycles. The standard InChI is InChI=1S/C33H28F2N4O5S/c34-25-16-22(17-26(35)20-25)18-31(36-21-40)32-37-30-19-24(23-4-2-1-3-5-23)6-11-29(30)33(41)39(32)27-7-9-28(10-8-27)45(42,43)38-12-14-44-15-13-38/h1-11,16-17,19-21,31H,12-15,18H2,(H,36,40). The summed E-state index contributed by atoms with van der Waals surface area (Å²) >= 11 is 0. The van der Waals surface area contributed by atoms with Gasteiger partial charge >= 0.3 is 0 Å². The van der Waals surface area contributed by atoms with Crippen LogP contribution in [0.2, 0.25) is 0 Å². The van der Waals surface area contributed by atoms with Crippen molar-refractivity contribution in [3.05, 3.63) is 124 Å². The molecule has 1 saturated heterocycles. The Morgan fingerprint density at radius 2 is 1.58 bits per heavy atom. The van der Waals surface area contributed by atoms with Crippen molar-refractivity contribution >= 4 is 27.3 Å². The number of carbonyl (C=O) groups is 1. The zero-order valence-electron chi connectivity index (χ0n) is 23.9. The molecule has 1 unspecified atom stereocenters. The summed E-state index contributed by atoms with van der Waals surface area (Å²) in [7, 11) is -3.80. The van der Waals surface area contributed by atoms with Gasteiger partial charge in [-0.15, -0.1) is 0 Å². The number of nitrogens with zero attached hydrogens (tertiary/aromatic N) is 3. The summed E-state index contributed by atoms with van der Waals surface area (Å²) in [6.45, 7) is 1.05. The van der Waals surface area contributed by atoms with Crippen LogP contribution >= 0.6 is 0 Å². The summed E-state index contributed by atoms with van der Waals surface area (Å²) in [5.41, 5.74) is 2.12. The fourth-order valence-electron chi connectivity index (χ4n) is 5.47. The molecule has 5 aromatic rings. The van der Waals surface area contributed by atoms with Gasteiger partial charge in [0.05, 0.1) is 40.7 Å². The molecule has 6 rings (SSSR count). The maximum atomic E-state index is 14.1. The van der Waals surface area contributed by atoms with Gasteiger partial charge in [0.25, 0.3) is 5.56 Å². The van der Waals surface area contributed by atoms with Gasteiger partial charge in [0.1, 0.15) is 17.5 Å². The van der Waals surface area contributed by atoms with Gasteiger partial charge in [-0.05, 0) is 65.2 Å². The minimum atomic E-state index is -3.80. The number of morpholine rings is 1. The van der Waals surface area contributed by atoms with E-state index in [0.717, 1.165) is 29.3 Å². The largest absolute Gasteiger partial charge is 0.379 e. The summed E-state index contributed by atoms with van der Waals surface area (Å²) in [4.78, 5) is 30.8. The minimum Gasteiger partial charge on any atom is -0.379 e. The van der Waals surface area contributed by atoms with Crippen molar-refractivity contribution in [2.75, 3.05) is 26.3 Å². The van der Waals surface area contributed by atoms with E-state index in [9.17, 15) is 26.8 Å². The Labute approximate surface area is 257 Å². The number of nitrogens with one attached hydrogen (secondary N) is 1. The average Bonchev–Trinajstić information content (AvgIpc) is 3.05. The second-order valence-electron chi connectivity index (χ2n) is 10.5. The number of rotatable bonds is 9. The molecule has 1 fully saturated rings. The Balaban J connectivity index is 1.51. The zero-order valence-corrected chi connectivity index (χ0v) is 24.7. The van der Waals surface area contributed by atoms with Gasteiger partial charge < -0.3 is 10.1 Å². The van der Waals surface area contributed by atoms with Crippen molar-refractivity contribution in [3.8, 4) is 16.8 Å². The second kappa shape index (κ2) is 12.7. The Hall–Kier alpha value is -4.78. The fraction of sp³-hybridized carbons (Fsp3) is 0.182. The molecule has 1 aliphatic rings. The second-order valence-corrected chi connectivity index (χ2v) is 12.5. The minimum absolute atomic E-state index is 0.0433. The number of amides is 1. The van der Waals surface area contributed by atoms with Crippen LogP contribution in [0.25, 0.3) is 27.7 Å². The van der Waals surface area contributed by atoms with Crippen molar-refractivity contribution in [1.82, 2.24) is 19.2 Å². The Morgan fingerprint density at radius 1 is 0.889 bits per heavy atom. The van der Waals surface area contributed by atoms with Crippen LogP contribution in [0, 0.1) is 11.6 Å². The molecule has 0 radical (unpaired) electrons.